The Bertz CT molecular complexity index is 1490. The summed E-state index contributed by atoms with van der Waals surface area (Å²) in [6, 6.07) is 5.81. The van der Waals surface area contributed by atoms with Gasteiger partial charge in [0, 0.05) is 31.2 Å². The van der Waals surface area contributed by atoms with Gasteiger partial charge in [-0.2, -0.15) is 0 Å². The number of carbonyl (C=O) groups excluding carboxylic acids is 6. The molecular formula is C36H51N9O6. The molecule has 0 radical (unpaired) electrons. The summed E-state index contributed by atoms with van der Waals surface area (Å²) in [4.78, 5) is 83.9. The van der Waals surface area contributed by atoms with Gasteiger partial charge in [0.15, 0.2) is 0 Å². The van der Waals surface area contributed by atoms with Gasteiger partial charge >= 0.3 is 0 Å². The van der Waals surface area contributed by atoms with Gasteiger partial charge in [0.1, 0.15) is 18.1 Å². The van der Waals surface area contributed by atoms with Crippen molar-refractivity contribution in [1.29, 1.82) is 0 Å². The normalized spacial score (nSPS) is 13.0. The monoisotopic (exact) mass is 705 g/mol. The number of amides is 6. The van der Waals surface area contributed by atoms with Crippen molar-refractivity contribution in [3.05, 3.63) is 90.6 Å². The number of allylic oxidation sites excluding steroid dienone is 5. The average Bonchev–Trinajstić information content (AvgIpc) is 3.62. The third kappa shape index (κ3) is 17.1. The van der Waals surface area contributed by atoms with Gasteiger partial charge < -0.3 is 42.6 Å². The van der Waals surface area contributed by atoms with Crippen LogP contribution in [-0.2, 0) is 41.6 Å². The van der Waals surface area contributed by atoms with Crippen molar-refractivity contribution < 1.29 is 28.8 Å². The zero-order valence-electron chi connectivity index (χ0n) is 29.3. The van der Waals surface area contributed by atoms with Crippen LogP contribution in [0.15, 0.2) is 79.3 Å². The highest BCUT2D eigenvalue weighted by Gasteiger charge is 2.30. The Kier molecular flexibility index (Phi) is 19.4. The lowest BCUT2D eigenvalue weighted by molar-refractivity contribution is -0.134. The second-order valence-corrected chi connectivity index (χ2v) is 11.8. The second kappa shape index (κ2) is 23.7. The van der Waals surface area contributed by atoms with Gasteiger partial charge in [-0.25, -0.2) is 4.98 Å². The van der Waals surface area contributed by atoms with Crippen molar-refractivity contribution in [3.63, 3.8) is 0 Å². The summed E-state index contributed by atoms with van der Waals surface area (Å²) in [5.74, 6) is -3.56. The maximum Gasteiger partial charge on any atom is 0.243 e. The third-order valence-electron chi connectivity index (χ3n) is 7.56. The molecule has 0 aliphatic carbocycles. The van der Waals surface area contributed by atoms with E-state index in [1.165, 1.54) is 6.33 Å². The summed E-state index contributed by atoms with van der Waals surface area (Å²) in [6.07, 6.45) is 12.7. The second-order valence-electron chi connectivity index (χ2n) is 11.8. The molecule has 0 saturated heterocycles. The van der Waals surface area contributed by atoms with Crippen LogP contribution >= 0.6 is 0 Å². The van der Waals surface area contributed by atoms with Crippen molar-refractivity contribution in [1.82, 2.24) is 41.9 Å². The number of aromatic amines is 1. The van der Waals surface area contributed by atoms with Crippen molar-refractivity contribution in [2.75, 3.05) is 26.7 Å². The molecule has 0 saturated carbocycles. The number of benzene rings is 1. The van der Waals surface area contributed by atoms with Crippen LogP contribution in [-0.4, -0.2) is 90.2 Å². The number of nitrogens with two attached hydrogens (primary N) is 1. The van der Waals surface area contributed by atoms with E-state index in [4.69, 9.17) is 5.73 Å². The van der Waals surface area contributed by atoms with Crippen LogP contribution in [0.3, 0.4) is 0 Å². The molecule has 15 heteroatoms. The maximum absolute atomic E-state index is 13.8. The van der Waals surface area contributed by atoms with E-state index in [1.807, 2.05) is 31.2 Å². The van der Waals surface area contributed by atoms with E-state index in [-0.39, 0.29) is 38.1 Å². The minimum absolute atomic E-state index is 0.0876. The number of hydrogen-bond donors (Lipinski definition) is 8. The summed E-state index contributed by atoms with van der Waals surface area (Å²) in [5.41, 5.74) is 7.42. The Morgan fingerprint density at radius 2 is 1.57 bits per heavy atom. The molecule has 0 aliphatic rings. The molecule has 9 N–H and O–H groups in total. The minimum atomic E-state index is -1.13. The number of rotatable bonds is 24. The topological polar surface area (TPSA) is 229 Å². The Balaban J connectivity index is 2.24. The zero-order valence-corrected chi connectivity index (χ0v) is 29.3. The zero-order chi connectivity index (χ0) is 37.4. The highest BCUT2D eigenvalue weighted by atomic mass is 16.2. The van der Waals surface area contributed by atoms with Gasteiger partial charge in [0.25, 0.3) is 0 Å². The summed E-state index contributed by atoms with van der Waals surface area (Å²) >= 11 is 0. The quantitative estimate of drug-likeness (QED) is 0.0555. The highest BCUT2D eigenvalue weighted by Crippen LogP contribution is 2.11. The first-order chi connectivity index (χ1) is 24.6. The van der Waals surface area contributed by atoms with Crippen molar-refractivity contribution in [2.24, 2.45) is 5.73 Å². The molecule has 15 nitrogen and oxygen atoms in total. The van der Waals surface area contributed by atoms with Crippen LogP contribution in [0.25, 0.3) is 0 Å². The lowest BCUT2D eigenvalue weighted by atomic mass is 10.0. The first-order valence-corrected chi connectivity index (χ1v) is 16.9. The van der Waals surface area contributed by atoms with Gasteiger partial charge in [-0.05, 0) is 57.3 Å². The molecule has 1 heterocycles. The van der Waals surface area contributed by atoms with Crippen LogP contribution < -0.4 is 37.6 Å². The van der Waals surface area contributed by atoms with Crippen molar-refractivity contribution >= 4 is 35.4 Å². The van der Waals surface area contributed by atoms with Gasteiger partial charge in [0.2, 0.25) is 35.4 Å². The Morgan fingerprint density at radius 1 is 0.863 bits per heavy atom. The van der Waals surface area contributed by atoms with E-state index in [1.54, 1.807) is 43.6 Å². The molecule has 1 aromatic carbocycles. The van der Waals surface area contributed by atoms with E-state index in [2.05, 4.69) is 48.4 Å². The first-order valence-electron chi connectivity index (χ1n) is 16.9. The molecule has 0 spiro atoms. The molecule has 0 fully saturated rings. The highest BCUT2D eigenvalue weighted by molar-refractivity contribution is 5.95. The molecule has 0 bridgehead atoms. The predicted molar refractivity (Wildman–Crippen MR) is 194 cm³/mol. The molecule has 3 atom stereocenters. The average molecular weight is 706 g/mol. The maximum atomic E-state index is 13.8. The van der Waals surface area contributed by atoms with E-state index < -0.39 is 54.2 Å². The smallest absolute Gasteiger partial charge is 0.243 e. The number of nitrogens with zero attached hydrogens (tertiary/aromatic N) is 1. The number of nitrogens with one attached hydrogen (secondary N) is 7. The molecule has 1 aromatic heterocycles. The number of hydrogen-bond acceptors (Lipinski definition) is 8. The van der Waals surface area contributed by atoms with E-state index >= 15 is 0 Å². The third-order valence-corrected chi connectivity index (χ3v) is 7.56. The lowest BCUT2D eigenvalue weighted by Gasteiger charge is -2.25. The largest absolute Gasteiger partial charge is 0.368 e. The van der Waals surface area contributed by atoms with Gasteiger partial charge in [-0.3, -0.25) is 28.8 Å². The predicted octanol–water partition coefficient (Wildman–Crippen LogP) is 0.225. The number of imidazole rings is 1. The lowest BCUT2D eigenvalue weighted by Crippen LogP contribution is -2.58. The molecule has 51 heavy (non-hydrogen) atoms. The molecule has 276 valence electrons. The Morgan fingerprint density at radius 3 is 2.20 bits per heavy atom. The standard InChI is InChI=1S/C36H51N9O6/c1-4-11-25(12-5-2)15-9-17-32(47)43-30(20-27-21-39-24-42-27)36(51)45-29(19-26-13-7-6-8-14-26)35(50)44-28(16-10-18-38-3)34(49)41-23-33(48)40-22-31(37)46/h4-8,11-14,21,24,28-30,38H,1,9-10,15-20,22-23H2,2-3H3,(H2,37,46)(H,39,42)(H,40,48)(H,41,49)(H,43,47)(H,44,50)(H,45,51)/b12-5-,25-11+. The van der Waals surface area contributed by atoms with Crippen LogP contribution in [0.1, 0.15) is 50.3 Å². The van der Waals surface area contributed by atoms with Gasteiger partial charge in [0.05, 0.1) is 19.4 Å². The van der Waals surface area contributed by atoms with E-state index in [0.29, 0.717) is 31.5 Å². The number of aromatic nitrogens is 2. The van der Waals surface area contributed by atoms with E-state index in [0.717, 1.165) is 11.1 Å². The molecule has 2 aromatic rings. The number of H-pyrrole nitrogens is 1. The molecular weight excluding hydrogens is 654 g/mol. The first kappa shape index (κ1) is 41.6. The SMILES string of the molecule is C=C/C=C(\C=C/C)CCCC(=O)NC(Cc1cnc[nH]1)C(=O)NC(Cc1ccccc1)C(=O)NC(CCCNC)C(=O)NCC(=O)NCC(N)=O. The molecule has 0 aliphatic heterocycles. The summed E-state index contributed by atoms with van der Waals surface area (Å²) in [5, 5.41) is 16.1. The van der Waals surface area contributed by atoms with Gasteiger partial charge in [-0.1, -0.05) is 61.2 Å². The van der Waals surface area contributed by atoms with Crippen molar-refractivity contribution in [2.45, 2.75) is 70.0 Å². The number of primary amides is 1. The molecule has 2 rings (SSSR count). The van der Waals surface area contributed by atoms with Crippen LogP contribution in [0.2, 0.25) is 0 Å². The Hall–Kier alpha value is -5.57. The number of carbonyl (C=O) groups is 6. The molecule has 3 unspecified atom stereocenters. The van der Waals surface area contributed by atoms with Crippen LogP contribution in [0.5, 0.6) is 0 Å². The van der Waals surface area contributed by atoms with Crippen molar-refractivity contribution in [3.8, 4) is 0 Å². The van der Waals surface area contributed by atoms with Gasteiger partial charge in [-0.15, -0.1) is 0 Å². The van der Waals surface area contributed by atoms with E-state index in [9.17, 15) is 28.8 Å². The fourth-order valence-electron chi connectivity index (χ4n) is 5.03. The molecule has 6 amide bonds. The Labute approximate surface area is 298 Å². The van der Waals surface area contributed by atoms with Crippen LogP contribution in [0, 0.1) is 0 Å². The minimum Gasteiger partial charge on any atom is -0.368 e. The summed E-state index contributed by atoms with van der Waals surface area (Å²) in [6.45, 7) is 5.36. The fraction of sp³-hybridized carbons (Fsp3) is 0.417. The summed E-state index contributed by atoms with van der Waals surface area (Å²) < 4.78 is 0. The van der Waals surface area contributed by atoms with Crippen LogP contribution in [0.4, 0.5) is 0 Å². The summed E-state index contributed by atoms with van der Waals surface area (Å²) in [7, 11) is 1.75. The fourth-order valence-corrected chi connectivity index (χ4v) is 5.03.